The Kier molecular flexibility index (Phi) is 1.67. The van der Waals surface area contributed by atoms with Crippen molar-refractivity contribution in [1.29, 1.82) is 0 Å². The number of rotatable bonds is 1. The van der Waals surface area contributed by atoms with Gasteiger partial charge in [0.25, 0.3) is 0 Å². The van der Waals surface area contributed by atoms with Crippen LogP contribution in [-0.4, -0.2) is 11.3 Å². The Morgan fingerprint density at radius 1 is 1.67 bits per heavy atom. The number of hydrogen-bond acceptors (Lipinski definition) is 3. The third kappa shape index (κ3) is 4.04. The molecule has 39 valence electrons. The Hall–Kier alpha value is 0.0395. The fourth-order valence-electron chi connectivity index (χ4n) is 0. The minimum atomic E-state index is -4.65. The average Bonchev–Trinajstić information content (AvgIpc) is 1.35. The van der Waals surface area contributed by atoms with Crippen molar-refractivity contribution in [2.45, 2.75) is 0 Å². The molecule has 5 heteroatoms. The van der Waals surface area contributed by atoms with Crippen molar-refractivity contribution in [3.63, 3.8) is 0 Å². The van der Waals surface area contributed by atoms with Gasteiger partial charge >= 0.3 is 36.2 Å². The van der Waals surface area contributed by atoms with Gasteiger partial charge in [0.05, 0.1) is 0 Å². The predicted octanol–water partition coefficient (Wildman–Crippen LogP) is -0.700. The first-order chi connectivity index (χ1) is 2.56. The quantitative estimate of drug-likeness (QED) is 0.483. The third-order valence-electron chi connectivity index (χ3n) is 0.195. The summed E-state index contributed by atoms with van der Waals surface area (Å²) in [5, 5.41) is 0. The molecule has 0 rings (SSSR count). The fourth-order valence-corrected chi connectivity index (χ4v) is 0. The molecule has 0 saturated carbocycles. The van der Waals surface area contributed by atoms with Crippen LogP contribution in [0, 0.1) is 0 Å². The molecule has 0 unspecified atom stereocenters. The molecule has 0 aliphatic heterocycles. The van der Waals surface area contributed by atoms with Gasteiger partial charge in [-0.15, -0.1) is 0 Å². The van der Waals surface area contributed by atoms with Crippen molar-refractivity contribution in [3.05, 3.63) is 0 Å². The Morgan fingerprint density at radius 3 is 1.83 bits per heavy atom. The van der Waals surface area contributed by atoms with E-state index in [-0.39, 0.29) is 0 Å². The molecular weight excluding hydrogens is 131 g/mol. The molecule has 0 aliphatic rings. The average molecular weight is 135 g/mol. The molecule has 0 saturated heterocycles. The van der Waals surface area contributed by atoms with Crippen molar-refractivity contribution in [1.82, 2.24) is 0 Å². The van der Waals surface area contributed by atoms with Crippen LogP contribution in [0.15, 0.2) is 0 Å². The van der Waals surface area contributed by atoms with Crippen molar-refractivity contribution in [2.24, 2.45) is 0 Å². The molecule has 4 nitrogen and oxygen atoms in total. The Bertz CT molecular complexity index is 110. The second-order valence-corrected chi connectivity index (χ2v) is 2.27. The summed E-state index contributed by atoms with van der Waals surface area (Å²) in [5.41, 5.74) is 0. The molecule has 0 aromatic heterocycles. The Morgan fingerprint density at radius 2 is 1.83 bits per heavy atom. The van der Waals surface area contributed by atoms with E-state index >= 15 is 0 Å². The normalized spacial score (nSPS) is 11.7. The first-order valence-electron chi connectivity index (χ1n) is 1.04. The Balaban J connectivity index is 3.85. The van der Waals surface area contributed by atoms with Crippen molar-refractivity contribution < 1.29 is 29.0 Å². The molecule has 0 radical (unpaired) electrons. The van der Waals surface area contributed by atoms with E-state index in [1.54, 1.807) is 0 Å². The third-order valence-corrected chi connectivity index (χ3v) is 0.804. The molecule has 6 heavy (non-hydrogen) atoms. The summed E-state index contributed by atoms with van der Waals surface area (Å²) in [7, 11) is 0.896. The second kappa shape index (κ2) is 1.66. The molecule has 0 fully saturated rings. The van der Waals surface area contributed by atoms with Crippen LogP contribution in [0.25, 0.3) is 0 Å². The van der Waals surface area contributed by atoms with Crippen LogP contribution >= 0.6 is 0 Å². The van der Waals surface area contributed by atoms with Crippen LogP contribution in [0.1, 0.15) is 0 Å². The van der Waals surface area contributed by atoms with E-state index < -0.39 is 13.4 Å². The molecule has 0 aliphatic carbocycles. The molecule has 0 aromatic rings. The summed E-state index contributed by atoms with van der Waals surface area (Å²) in [4.78, 5) is 0. The molecule has 0 atom stereocenters. The van der Waals surface area contributed by atoms with Crippen molar-refractivity contribution in [3.8, 4) is 0 Å². The van der Waals surface area contributed by atoms with Gasteiger partial charge in [-0.2, -0.15) is 0 Å². The molecule has 0 heterocycles. The van der Waals surface area contributed by atoms with Crippen molar-refractivity contribution >= 4 is 0 Å². The van der Waals surface area contributed by atoms with E-state index in [4.69, 9.17) is 4.19 Å². The molecule has 1 N–H and O–H groups in total. The van der Waals surface area contributed by atoms with Gasteiger partial charge < -0.3 is 0 Å². The second-order valence-electron chi connectivity index (χ2n) is 0.550. The maximum atomic E-state index is 9.39. The van der Waals surface area contributed by atoms with Crippen LogP contribution in [-0.2, 0) is 24.9 Å². The topological polar surface area (TPSA) is 63.6 Å². The van der Waals surface area contributed by atoms with Gasteiger partial charge in [0.15, 0.2) is 0 Å². The van der Waals surface area contributed by atoms with E-state index in [1.807, 2.05) is 0 Å². The zero-order chi connectivity index (χ0) is 5.21. The van der Waals surface area contributed by atoms with E-state index in [0.717, 1.165) is 7.11 Å². The van der Waals surface area contributed by atoms with E-state index in [1.165, 1.54) is 0 Å². The van der Waals surface area contributed by atoms with Gasteiger partial charge in [-0.25, -0.2) is 0 Å². The number of hydrogen-bond donors (Lipinski definition) is 1. The zero-order valence-electron chi connectivity index (χ0n) is 3.05. The monoisotopic (exact) mass is 135 g/mol. The maximum absolute atomic E-state index is 9.39. The molecule has 0 bridgehead atoms. The van der Waals surface area contributed by atoms with Crippen LogP contribution in [0.3, 0.4) is 0 Å². The summed E-state index contributed by atoms with van der Waals surface area (Å²) in [6.07, 6.45) is 0. The van der Waals surface area contributed by atoms with Gasteiger partial charge in [0.1, 0.15) is 0 Å². The predicted molar refractivity (Wildman–Crippen MR) is 10.6 cm³/mol. The van der Waals surface area contributed by atoms with Crippen LogP contribution in [0.2, 0.25) is 0 Å². The fraction of sp³-hybridized carbons (Fsp3) is 1.00. The summed E-state index contributed by atoms with van der Waals surface area (Å²) in [5.74, 6) is 0. The first kappa shape index (κ1) is 6.04. The standard InChI is InChI=1S/CH3O.Mn.H2O.2O/c1-2;;;;/h1H3;;1H2;;/q-1;+2;;;/p-1. The summed E-state index contributed by atoms with van der Waals surface area (Å²) >= 11 is -4.65. The zero-order valence-corrected chi connectivity index (χ0v) is 4.23. The van der Waals surface area contributed by atoms with Crippen LogP contribution in [0.4, 0.5) is 0 Å². The molecule has 0 aromatic carbocycles. The van der Waals surface area contributed by atoms with Gasteiger partial charge in [-0.1, -0.05) is 0 Å². The molecule has 0 amide bonds. The molecule has 0 spiro atoms. The summed E-state index contributed by atoms with van der Waals surface area (Å²) in [6.45, 7) is 0. The van der Waals surface area contributed by atoms with Crippen LogP contribution < -0.4 is 0 Å². The van der Waals surface area contributed by atoms with Gasteiger partial charge in [0.2, 0.25) is 0 Å². The van der Waals surface area contributed by atoms with E-state index in [0.29, 0.717) is 0 Å². The summed E-state index contributed by atoms with van der Waals surface area (Å²) < 4.78 is 29.9. The van der Waals surface area contributed by atoms with E-state index in [9.17, 15) is 7.67 Å². The molecular formula is CH4MnO4. The van der Waals surface area contributed by atoms with Gasteiger partial charge in [0, 0.05) is 0 Å². The van der Waals surface area contributed by atoms with Crippen molar-refractivity contribution in [2.75, 3.05) is 7.11 Å². The Labute approximate surface area is 37.0 Å². The summed E-state index contributed by atoms with van der Waals surface area (Å²) in [6, 6.07) is 0. The first-order valence-corrected chi connectivity index (χ1v) is 3.01. The SMILES string of the molecule is C[O][Mn](=[O])(=[O])[OH]. The van der Waals surface area contributed by atoms with Crippen LogP contribution in [0.5, 0.6) is 0 Å². The van der Waals surface area contributed by atoms with Gasteiger partial charge in [-0.3, -0.25) is 0 Å². The van der Waals surface area contributed by atoms with E-state index in [2.05, 4.69) is 3.82 Å². The minimum absolute atomic E-state index is 0.896. The van der Waals surface area contributed by atoms with Gasteiger partial charge in [-0.05, 0) is 0 Å².